The molecule has 0 saturated carbocycles. The van der Waals surface area contributed by atoms with Crippen LogP contribution in [0.2, 0.25) is 0 Å². The number of hydrogen-bond donors (Lipinski definition) is 1. The van der Waals surface area contributed by atoms with Gasteiger partial charge in [0.2, 0.25) is 0 Å². The number of Topliss-reactive ketones (excluding diaryl/α,β-unsaturated/α-hetero) is 1. The lowest BCUT2D eigenvalue weighted by molar-refractivity contribution is -0.384. The number of nitrogens with zero attached hydrogens (tertiary/aromatic N) is 2. The summed E-state index contributed by atoms with van der Waals surface area (Å²) < 4.78 is 50.9. The SMILES string of the molecule is COc1ccc([C@@H]2C(=C(O)c3ccc([N+](=O)[O-])cc3)C(=O)C(=O)N2c2cccc(C(F)(F)F)c2)cc1OC. The third-order valence-electron chi connectivity index (χ3n) is 5.97. The number of benzene rings is 3. The topological polar surface area (TPSA) is 119 Å². The molecule has 1 heterocycles. The molecule has 0 bridgehead atoms. The van der Waals surface area contributed by atoms with Crippen molar-refractivity contribution in [1.29, 1.82) is 0 Å². The highest BCUT2D eigenvalue weighted by atomic mass is 19.4. The fourth-order valence-corrected chi connectivity index (χ4v) is 4.17. The zero-order chi connectivity index (χ0) is 27.8. The summed E-state index contributed by atoms with van der Waals surface area (Å²) in [4.78, 5) is 37.7. The standard InChI is InChI=1S/C26H19F3N2O7/c1-37-19-11-8-15(12-20(19)38-2)22-21(23(32)14-6-9-17(10-7-14)31(35)36)24(33)25(34)30(22)18-5-3-4-16(13-18)26(27,28)29/h3-13,22,32H,1-2H3/t22-/m1/s1. The highest BCUT2D eigenvalue weighted by Gasteiger charge is 2.47. The van der Waals surface area contributed by atoms with Crippen LogP contribution in [0.1, 0.15) is 22.7 Å². The van der Waals surface area contributed by atoms with Crippen molar-refractivity contribution in [1.82, 2.24) is 0 Å². The van der Waals surface area contributed by atoms with Gasteiger partial charge in [-0.1, -0.05) is 12.1 Å². The van der Waals surface area contributed by atoms with E-state index in [1.165, 1.54) is 50.6 Å². The number of carbonyl (C=O) groups excluding carboxylic acids is 2. The van der Waals surface area contributed by atoms with Crippen LogP contribution in [0.25, 0.3) is 5.76 Å². The molecule has 3 aromatic carbocycles. The number of halogens is 3. The maximum Gasteiger partial charge on any atom is 0.416 e. The van der Waals surface area contributed by atoms with Crippen molar-refractivity contribution in [2.24, 2.45) is 0 Å². The molecule has 1 aliphatic heterocycles. The number of nitro groups is 1. The van der Waals surface area contributed by atoms with Crippen molar-refractivity contribution in [3.8, 4) is 11.5 Å². The third-order valence-corrected chi connectivity index (χ3v) is 5.97. The van der Waals surface area contributed by atoms with Gasteiger partial charge < -0.3 is 14.6 Å². The Morgan fingerprint density at radius 3 is 2.21 bits per heavy atom. The molecule has 1 amide bonds. The highest BCUT2D eigenvalue weighted by molar-refractivity contribution is 6.51. The van der Waals surface area contributed by atoms with Crippen LogP contribution < -0.4 is 14.4 Å². The van der Waals surface area contributed by atoms with Crippen LogP contribution in [0, 0.1) is 10.1 Å². The van der Waals surface area contributed by atoms with Crippen molar-refractivity contribution in [2.45, 2.75) is 12.2 Å². The number of hydrogen-bond acceptors (Lipinski definition) is 7. The van der Waals surface area contributed by atoms with Gasteiger partial charge in [-0.25, -0.2) is 0 Å². The van der Waals surface area contributed by atoms with E-state index >= 15 is 0 Å². The Labute approximate surface area is 213 Å². The van der Waals surface area contributed by atoms with Crippen molar-refractivity contribution >= 4 is 28.8 Å². The molecule has 1 N–H and O–H groups in total. The number of aliphatic hydroxyl groups is 1. The summed E-state index contributed by atoms with van der Waals surface area (Å²) in [6.07, 6.45) is -4.72. The number of ether oxygens (including phenoxy) is 2. The summed E-state index contributed by atoms with van der Waals surface area (Å²) in [6, 6.07) is 11.5. The van der Waals surface area contributed by atoms with Gasteiger partial charge in [-0.15, -0.1) is 0 Å². The zero-order valence-corrected chi connectivity index (χ0v) is 19.9. The molecule has 1 atom stereocenters. The quantitative estimate of drug-likeness (QED) is 0.152. The number of methoxy groups -OCH3 is 2. The van der Waals surface area contributed by atoms with Gasteiger partial charge in [-0.3, -0.25) is 24.6 Å². The Kier molecular flexibility index (Phi) is 6.81. The number of amides is 1. The monoisotopic (exact) mass is 528 g/mol. The van der Waals surface area contributed by atoms with Gasteiger partial charge in [0.25, 0.3) is 17.4 Å². The van der Waals surface area contributed by atoms with E-state index < -0.39 is 45.7 Å². The lowest BCUT2D eigenvalue weighted by Gasteiger charge is -2.26. The molecule has 196 valence electrons. The first-order valence-electron chi connectivity index (χ1n) is 10.9. The molecule has 12 heteroatoms. The maximum absolute atomic E-state index is 13.4. The van der Waals surface area contributed by atoms with Crippen molar-refractivity contribution in [2.75, 3.05) is 19.1 Å². The average Bonchev–Trinajstić information content (AvgIpc) is 3.17. The Morgan fingerprint density at radius 2 is 1.63 bits per heavy atom. The van der Waals surface area contributed by atoms with Crippen LogP contribution in [0.15, 0.2) is 72.3 Å². The predicted molar refractivity (Wildman–Crippen MR) is 129 cm³/mol. The zero-order valence-electron chi connectivity index (χ0n) is 19.9. The van der Waals surface area contributed by atoms with Crippen LogP contribution in [0.5, 0.6) is 11.5 Å². The summed E-state index contributed by atoms with van der Waals surface area (Å²) in [6.45, 7) is 0. The molecule has 0 aromatic heterocycles. The van der Waals surface area contributed by atoms with E-state index in [1.54, 1.807) is 0 Å². The van der Waals surface area contributed by atoms with Crippen LogP contribution >= 0.6 is 0 Å². The first kappa shape index (κ1) is 26.2. The summed E-state index contributed by atoms with van der Waals surface area (Å²) in [5, 5.41) is 22.1. The number of carbonyl (C=O) groups is 2. The molecule has 38 heavy (non-hydrogen) atoms. The Bertz CT molecular complexity index is 1470. The Balaban J connectivity index is 1.96. The molecule has 0 spiro atoms. The largest absolute Gasteiger partial charge is 0.507 e. The second kappa shape index (κ2) is 9.88. The molecule has 1 saturated heterocycles. The second-order valence-electron chi connectivity index (χ2n) is 8.14. The van der Waals surface area contributed by atoms with E-state index in [2.05, 4.69) is 0 Å². The molecule has 3 aromatic rings. The number of aliphatic hydroxyl groups excluding tert-OH is 1. The summed E-state index contributed by atoms with van der Waals surface area (Å²) in [7, 11) is 2.74. The highest BCUT2D eigenvalue weighted by Crippen LogP contribution is 2.45. The first-order valence-corrected chi connectivity index (χ1v) is 10.9. The molecular formula is C26H19F3N2O7. The molecule has 0 aliphatic carbocycles. The molecule has 1 fully saturated rings. The maximum atomic E-state index is 13.4. The van der Waals surface area contributed by atoms with Gasteiger partial charge in [0, 0.05) is 23.4 Å². The van der Waals surface area contributed by atoms with Gasteiger partial charge >= 0.3 is 6.18 Å². The van der Waals surface area contributed by atoms with Crippen molar-refractivity contribution in [3.63, 3.8) is 0 Å². The van der Waals surface area contributed by atoms with E-state index in [1.807, 2.05) is 0 Å². The van der Waals surface area contributed by atoms with E-state index in [0.717, 1.165) is 35.2 Å². The molecule has 4 rings (SSSR count). The van der Waals surface area contributed by atoms with Gasteiger partial charge in [-0.05, 0) is 48.0 Å². The van der Waals surface area contributed by atoms with E-state index in [4.69, 9.17) is 9.47 Å². The van der Waals surface area contributed by atoms with E-state index in [0.29, 0.717) is 5.75 Å². The van der Waals surface area contributed by atoms with Crippen LogP contribution in [0.3, 0.4) is 0 Å². The smallest absolute Gasteiger partial charge is 0.416 e. The minimum Gasteiger partial charge on any atom is -0.507 e. The van der Waals surface area contributed by atoms with Crippen LogP contribution in [-0.2, 0) is 15.8 Å². The first-order chi connectivity index (χ1) is 18.0. The second-order valence-corrected chi connectivity index (χ2v) is 8.14. The lowest BCUT2D eigenvalue weighted by Crippen LogP contribution is -2.29. The summed E-state index contributed by atoms with van der Waals surface area (Å²) in [5.41, 5.74) is -1.76. The fourth-order valence-electron chi connectivity index (χ4n) is 4.17. The normalized spacial score (nSPS) is 17.0. The number of nitro benzene ring substituents is 1. The third kappa shape index (κ3) is 4.63. The summed E-state index contributed by atoms with van der Waals surface area (Å²) >= 11 is 0. The van der Waals surface area contributed by atoms with Crippen molar-refractivity contribution in [3.05, 3.63) is 99.1 Å². The average molecular weight is 528 g/mol. The number of rotatable bonds is 6. The van der Waals surface area contributed by atoms with Crippen molar-refractivity contribution < 1.29 is 42.3 Å². The molecule has 1 aliphatic rings. The van der Waals surface area contributed by atoms with E-state index in [9.17, 15) is 38.0 Å². The van der Waals surface area contributed by atoms with E-state index in [-0.39, 0.29) is 28.3 Å². The molecular weight excluding hydrogens is 509 g/mol. The summed E-state index contributed by atoms with van der Waals surface area (Å²) in [5.74, 6) is -2.48. The lowest BCUT2D eigenvalue weighted by atomic mass is 9.94. The number of non-ortho nitro benzene ring substituents is 1. The van der Waals surface area contributed by atoms with Gasteiger partial charge in [0.1, 0.15) is 5.76 Å². The molecule has 0 radical (unpaired) electrons. The Hall–Kier alpha value is -4.87. The fraction of sp³-hybridized carbons (Fsp3) is 0.154. The van der Waals surface area contributed by atoms with Gasteiger partial charge in [0.15, 0.2) is 11.5 Å². The minimum absolute atomic E-state index is 0.0110. The molecule has 0 unspecified atom stereocenters. The number of alkyl halides is 3. The van der Waals surface area contributed by atoms with Crippen LogP contribution in [-0.4, -0.2) is 35.9 Å². The van der Waals surface area contributed by atoms with Gasteiger partial charge in [-0.2, -0.15) is 13.2 Å². The number of anilines is 1. The Morgan fingerprint density at radius 1 is 0.974 bits per heavy atom. The molecule has 9 nitrogen and oxygen atoms in total. The van der Waals surface area contributed by atoms with Gasteiger partial charge in [0.05, 0.1) is 36.3 Å². The van der Waals surface area contributed by atoms with Crippen LogP contribution in [0.4, 0.5) is 24.5 Å². The number of ketones is 1. The minimum atomic E-state index is -4.72. The predicted octanol–water partition coefficient (Wildman–Crippen LogP) is 5.26.